The highest BCUT2D eigenvalue weighted by Crippen LogP contribution is 2.35. The zero-order valence-corrected chi connectivity index (χ0v) is 16.2. The second-order valence-corrected chi connectivity index (χ2v) is 6.30. The first-order chi connectivity index (χ1) is 13.6. The molecule has 2 rings (SSSR count). The largest absolute Gasteiger partial charge is 0.467 e. The van der Waals surface area contributed by atoms with Gasteiger partial charge in [0, 0.05) is 25.8 Å². The third-order valence-corrected chi connectivity index (χ3v) is 4.21. The maximum absolute atomic E-state index is 12.2. The molecule has 1 fully saturated rings. The molecular formula is C18H21NO10. The summed E-state index contributed by atoms with van der Waals surface area (Å²) in [5.74, 6) is -3.13. The van der Waals surface area contributed by atoms with E-state index in [2.05, 4.69) is 0 Å². The summed E-state index contributed by atoms with van der Waals surface area (Å²) in [7, 11) is 1.15. The van der Waals surface area contributed by atoms with Crippen LogP contribution < -0.4 is 4.74 Å². The third-order valence-electron chi connectivity index (χ3n) is 4.21. The lowest BCUT2D eigenvalue weighted by atomic mass is 9.90. The molecule has 1 saturated heterocycles. The lowest BCUT2D eigenvalue weighted by Gasteiger charge is -2.42. The minimum atomic E-state index is -1.48. The molecule has 1 heterocycles. The van der Waals surface area contributed by atoms with Gasteiger partial charge in [0.2, 0.25) is 12.4 Å². The number of methoxy groups -OCH3 is 1. The van der Waals surface area contributed by atoms with Gasteiger partial charge in [0.05, 0.1) is 12.0 Å². The molecule has 11 heteroatoms. The molecule has 11 nitrogen and oxygen atoms in total. The van der Waals surface area contributed by atoms with Gasteiger partial charge < -0.3 is 23.7 Å². The second-order valence-electron chi connectivity index (χ2n) is 6.30. The molecule has 0 unspecified atom stereocenters. The maximum atomic E-state index is 12.2. The van der Waals surface area contributed by atoms with Crippen LogP contribution in [0.25, 0.3) is 0 Å². The molecule has 1 aromatic carbocycles. The van der Waals surface area contributed by atoms with Crippen molar-refractivity contribution in [3.63, 3.8) is 0 Å². The average molecular weight is 411 g/mol. The van der Waals surface area contributed by atoms with E-state index >= 15 is 0 Å². The Morgan fingerprint density at radius 1 is 1.07 bits per heavy atom. The van der Waals surface area contributed by atoms with E-state index in [0.29, 0.717) is 0 Å². The van der Waals surface area contributed by atoms with Crippen LogP contribution in [0.3, 0.4) is 0 Å². The van der Waals surface area contributed by atoms with Crippen molar-refractivity contribution in [2.45, 2.75) is 45.4 Å². The van der Waals surface area contributed by atoms with Gasteiger partial charge in [-0.2, -0.15) is 0 Å². The van der Waals surface area contributed by atoms with Crippen LogP contribution in [0.15, 0.2) is 24.3 Å². The molecule has 1 aromatic rings. The summed E-state index contributed by atoms with van der Waals surface area (Å²) in [5.41, 5.74) is -0.366. The number of nitro groups is 1. The van der Waals surface area contributed by atoms with Crippen LogP contribution in [-0.4, -0.2) is 54.5 Å². The smallest absolute Gasteiger partial charge is 0.335 e. The first-order valence-electron chi connectivity index (χ1n) is 8.63. The van der Waals surface area contributed by atoms with Crippen molar-refractivity contribution in [3.05, 3.63) is 34.4 Å². The number of esters is 3. The van der Waals surface area contributed by atoms with Gasteiger partial charge in [0.15, 0.2) is 18.0 Å². The predicted octanol–water partition coefficient (Wildman–Crippen LogP) is 1.37. The summed E-state index contributed by atoms with van der Waals surface area (Å²) in [5, 5.41) is 11.3. The lowest BCUT2D eigenvalue weighted by molar-refractivity contribution is -0.387. The molecule has 0 radical (unpaired) electrons. The molecule has 5 atom stereocenters. The summed E-state index contributed by atoms with van der Waals surface area (Å²) in [6.07, 6.45) is -5.12. The summed E-state index contributed by atoms with van der Waals surface area (Å²) >= 11 is 0. The minimum Gasteiger partial charge on any atom is -0.467 e. The van der Waals surface area contributed by atoms with Gasteiger partial charge in [-0.15, -0.1) is 0 Å². The van der Waals surface area contributed by atoms with Crippen molar-refractivity contribution in [2.24, 2.45) is 5.92 Å². The number of nitro benzene ring substituents is 1. The van der Waals surface area contributed by atoms with E-state index in [1.807, 2.05) is 0 Å². The van der Waals surface area contributed by atoms with Crippen LogP contribution in [0.1, 0.15) is 20.8 Å². The van der Waals surface area contributed by atoms with E-state index in [9.17, 15) is 24.5 Å². The molecule has 1 aliphatic rings. The van der Waals surface area contributed by atoms with E-state index < -0.39 is 53.4 Å². The molecule has 0 spiro atoms. The number of hydrogen-bond donors (Lipinski definition) is 0. The number of hydrogen-bond acceptors (Lipinski definition) is 10. The first-order valence-corrected chi connectivity index (χ1v) is 8.63. The van der Waals surface area contributed by atoms with Crippen molar-refractivity contribution in [3.8, 4) is 5.75 Å². The summed E-state index contributed by atoms with van der Waals surface area (Å²) in [6.45, 7) is 3.83. The van der Waals surface area contributed by atoms with Crippen LogP contribution in [0.4, 0.5) is 5.69 Å². The lowest BCUT2D eigenvalue weighted by Crippen LogP contribution is -2.60. The van der Waals surface area contributed by atoms with Gasteiger partial charge in [0.1, 0.15) is 0 Å². The third kappa shape index (κ3) is 5.19. The fraction of sp³-hybridized carbons (Fsp3) is 0.500. The summed E-state index contributed by atoms with van der Waals surface area (Å²) in [4.78, 5) is 46.0. The van der Waals surface area contributed by atoms with Crippen molar-refractivity contribution < 1.29 is 43.0 Å². The zero-order valence-electron chi connectivity index (χ0n) is 16.2. The fourth-order valence-corrected chi connectivity index (χ4v) is 2.97. The molecule has 0 aromatic heterocycles. The number of benzene rings is 1. The van der Waals surface area contributed by atoms with Crippen LogP contribution in [0, 0.1) is 16.0 Å². The number of carbonyl (C=O) groups is 3. The van der Waals surface area contributed by atoms with Crippen LogP contribution in [-0.2, 0) is 33.3 Å². The highest BCUT2D eigenvalue weighted by Gasteiger charge is 2.52. The number of ether oxygens (including phenoxy) is 5. The van der Waals surface area contributed by atoms with Crippen LogP contribution in [0.2, 0.25) is 0 Å². The highest BCUT2D eigenvalue weighted by atomic mass is 16.7. The number of para-hydroxylation sites is 2. The van der Waals surface area contributed by atoms with E-state index in [-0.39, 0.29) is 11.4 Å². The Bertz CT molecular complexity index is 795. The van der Waals surface area contributed by atoms with Gasteiger partial charge in [0.25, 0.3) is 0 Å². The van der Waals surface area contributed by atoms with Crippen LogP contribution >= 0.6 is 0 Å². The SMILES string of the molecule is COC(=O)[C@H]1O[C@@H](Oc2ccccc2[N+](=O)[O-])[C@H](OC(C)=O)[C@@H](OC(C)=O)[C@@H]1C. The molecule has 0 N–H and O–H groups in total. The second kappa shape index (κ2) is 9.32. The standard InChI is InChI=1S/C18H21NO10/c1-9-14(26-10(2)20)16(27-11(3)21)18(29-15(9)17(22)25-4)28-13-8-6-5-7-12(13)19(23)24/h5-9,14-16,18H,1-4H3/t9-,14-,15-,16+,18+/m0/s1. The topological polar surface area (TPSA) is 141 Å². The Kier molecular flexibility index (Phi) is 7.10. The van der Waals surface area contributed by atoms with Gasteiger partial charge in [-0.3, -0.25) is 19.7 Å². The summed E-state index contributed by atoms with van der Waals surface area (Å²) < 4.78 is 26.5. The Labute approximate surface area is 166 Å². The summed E-state index contributed by atoms with van der Waals surface area (Å²) in [6, 6.07) is 5.47. The Morgan fingerprint density at radius 3 is 2.21 bits per heavy atom. The Hall–Kier alpha value is -3.21. The van der Waals surface area contributed by atoms with Gasteiger partial charge >= 0.3 is 23.6 Å². The van der Waals surface area contributed by atoms with E-state index in [4.69, 9.17) is 23.7 Å². The first kappa shape index (κ1) is 22.1. The van der Waals surface area contributed by atoms with Gasteiger partial charge in [-0.1, -0.05) is 19.1 Å². The van der Waals surface area contributed by atoms with E-state index in [0.717, 1.165) is 21.0 Å². The highest BCUT2D eigenvalue weighted by molar-refractivity contribution is 5.75. The van der Waals surface area contributed by atoms with E-state index in [1.165, 1.54) is 24.3 Å². The maximum Gasteiger partial charge on any atom is 0.335 e. The van der Waals surface area contributed by atoms with Gasteiger partial charge in [-0.05, 0) is 6.07 Å². The predicted molar refractivity (Wildman–Crippen MR) is 94.7 cm³/mol. The monoisotopic (exact) mass is 411 g/mol. The molecule has 0 aliphatic carbocycles. The Morgan fingerprint density at radius 2 is 1.66 bits per heavy atom. The normalized spacial score (nSPS) is 26.1. The fourth-order valence-electron chi connectivity index (χ4n) is 2.97. The molecule has 158 valence electrons. The zero-order chi connectivity index (χ0) is 21.7. The molecular weight excluding hydrogens is 390 g/mol. The molecule has 1 aliphatic heterocycles. The molecule has 0 amide bonds. The molecule has 0 bridgehead atoms. The van der Waals surface area contributed by atoms with E-state index in [1.54, 1.807) is 6.92 Å². The Balaban J connectivity index is 2.46. The molecule has 0 saturated carbocycles. The van der Waals surface area contributed by atoms with Crippen molar-refractivity contribution in [1.82, 2.24) is 0 Å². The number of rotatable bonds is 6. The van der Waals surface area contributed by atoms with Crippen molar-refractivity contribution >= 4 is 23.6 Å². The number of carbonyl (C=O) groups excluding carboxylic acids is 3. The number of nitrogens with zero attached hydrogens (tertiary/aromatic N) is 1. The quantitative estimate of drug-likeness (QED) is 0.292. The molecule has 29 heavy (non-hydrogen) atoms. The van der Waals surface area contributed by atoms with Gasteiger partial charge in [-0.25, -0.2) is 4.79 Å². The average Bonchev–Trinajstić information content (AvgIpc) is 2.65. The minimum absolute atomic E-state index is 0.181. The van der Waals surface area contributed by atoms with Crippen molar-refractivity contribution in [1.29, 1.82) is 0 Å². The van der Waals surface area contributed by atoms with Crippen molar-refractivity contribution in [2.75, 3.05) is 7.11 Å². The van der Waals surface area contributed by atoms with Crippen LogP contribution in [0.5, 0.6) is 5.75 Å².